The number of aromatic amines is 1. The van der Waals surface area contributed by atoms with Crippen molar-refractivity contribution >= 4 is 5.65 Å². The van der Waals surface area contributed by atoms with Crippen LogP contribution in [0.2, 0.25) is 0 Å². The molecule has 0 atom stereocenters. The highest BCUT2D eigenvalue weighted by Crippen LogP contribution is 2.08. The number of aromatic nitrogens is 3. The van der Waals surface area contributed by atoms with Gasteiger partial charge in [-0.15, -0.1) is 0 Å². The van der Waals surface area contributed by atoms with Gasteiger partial charge in [0.25, 0.3) is 5.56 Å². The van der Waals surface area contributed by atoms with Crippen molar-refractivity contribution in [3.8, 4) is 6.07 Å². The van der Waals surface area contributed by atoms with Crippen LogP contribution in [0, 0.1) is 11.3 Å². The number of nitrogens with zero attached hydrogens (tertiary/aromatic N) is 4. The van der Waals surface area contributed by atoms with Gasteiger partial charge in [-0.3, -0.25) is 14.8 Å². The largest absolute Gasteiger partial charge is 0.380 e. The molecule has 1 saturated heterocycles. The molecule has 1 fully saturated rings. The van der Waals surface area contributed by atoms with Crippen molar-refractivity contribution in [2.75, 3.05) is 26.3 Å². The lowest BCUT2D eigenvalue weighted by molar-refractivity contribution is 0.140. The van der Waals surface area contributed by atoms with Gasteiger partial charge in [-0.05, 0) is 6.42 Å². The van der Waals surface area contributed by atoms with Gasteiger partial charge in [-0.2, -0.15) is 5.26 Å². The lowest BCUT2D eigenvalue weighted by Gasteiger charge is -2.18. The molecule has 0 amide bonds. The summed E-state index contributed by atoms with van der Waals surface area (Å²) in [5.74, 6) is 0. The minimum atomic E-state index is -0.197. The number of nitriles is 1. The van der Waals surface area contributed by atoms with Crippen LogP contribution in [0.3, 0.4) is 0 Å². The number of fused-ring (bicyclic) bond motifs is 1. The van der Waals surface area contributed by atoms with E-state index in [0.29, 0.717) is 30.1 Å². The van der Waals surface area contributed by atoms with Gasteiger partial charge in [-0.1, -0.05) is 0 Å². The SMILES string of the molecule is N#Cc1c[nH]n2c(=O)cc(CN3CCCOCC3)nc12. The molecule has 3 rings (SSSR count). The molecule has 0 radical (unpaired) electrons. The smallest absolute Gasteiger partial charge is 0.272 e. The Kier molecular flexibility index (Phi) is 3.50. The molecule has 2 aromatic heterocycles. The summed E-state index contributed by atoms with van der Waals surface area (Å²) in [6.45, 7) is 3.85. The van der Waals surface area contributed by atoms with E-state index in [1.165, 1.54) is 16.8 Å². The third-order valence-electron chi connectivity index (χ3n) is 3.37. The summed E-state index contributed by atoms with van der Waals surface area (Å²) in [7, 11) is 0. The third kappa shape index (κ3) is 2.43. The standard InChI is InChI=1S/C13H15N5O2/c14-7-10-8-15-18-12(19)6-11(16-13(10)18)9-17-2-1-4-20-5-3-17/h6,8,15H,1-5,9H2. The Morgan fingerprint density at radius 3 is 3.20 bits per heavy atom. The first-order chi connectivity index (χ1) is 9.78. The number of H-pyrrole nitrogens is 1. The molecule has 3 heterocycles. The molecule has 0 aromatic carbocycles. The predicted octanol–water partition coefficient (Wildman–Crippen LogP) is 0.117. The van der Waals surface area contributed by atoms with E-state index in [0.717, 1.165) is 26.1 Å². The fourth-order valence-corrected chi connectivity index (χ4v) is 2.38. The van der Waals surface area contributed by atoms with Crippen LogP contribution in [0.4, 0.5) is 0 Å². The fourth-order valence-electron chi connectivity index (χ4n) is 2.38. The zero-order valence-electron chi connectivity index (χ0n) is 11.0. The van der Waals surface area contributed by atoms with Crippen LogP contribution in [0.1, 0.15) is 17.7 Å². The Bertz CT molecular complexity index is 704. The second kappa shape index (κ2) is 5.45. The summed E-state index contributed by atoms with van der Waals surface area (Å²) in [6, 6.07) is 3.54. The van der Waals surface area contributed by atoms with Crippen LogP contribution in [0.25, 0.3) is 5.65 Å². The molecule has 0 spiro atoms. The van der Waals surface area contributed by atoms with E-state index >= 15 is 0 Å². The third-order valence-corrected chi connectivity index (χ3v) is 3.37. The monoisotopic (exact) mass is 273 g/mol. The summed E-state index contributed by atoms with van der Waals surface area (Å²) in [5.41, 5.74) is 1.26. The van der Waals surface area contributed by atoms with Crippen molar-refractivity contribution in [3.05, 3.63) is 33.9 Å². The Balaban J connectivity index is 1.91. The van der Waals surface area contributed by atoms with Gasteiger partial charge in [-0.25, -0.2) is 9.50 Å². The van der Waals surface area contributed by atoms with Gasteiger partial charge in [0, 0.05) is 38.5 Å². The van der Waals surface area contributed by atoms with Crippen LogP contribution < -0.4 is 5.56 Å². The lowest BCUT2D eigenvalue weighted by atomic mass is 10.3. The Labute approximate surface area is 115 Å². The van der Waals surface area contributed by atoms with E-state index in [9.17, 15) is 4.79 Å². The molecule has 1 aliphatic heterocycles. The topological polar surface area (TPSA) is 86.4 Å². The van der Waals surface area contributed by atoms with Crippen molar-refractivity contribution in [1.82, 2.24) is 19.5 Å². The maximum atomic E-state index is 12.0. The number of nitrogens with one attached hydrogen (secondary N) is 1. The average Bonchev–Trinajstić information content (AvgIpc) is 2.68. The average molecular weight is 273 g/mol. The van der Waals surface area contributed by atoms with Gasteiger partial charge < -0.3 is 4.74 Å². The van der Waals surface area contributed by atoms with Crippen molar-refractivity contribution in [3.63, 3.8) is 0 Å². The van der Waals surface area contributed by atoms with Gasteiger partial charge in [0.15, 0.2) is 5.65 Å². The molecular weight excluding hydrogens is 258 g/mol. The number of hydrogen-bond donors (Lipinski definition) is 1. The van der Waals surface area contributed by atoms with Gasteiger partial charge >= 0.3 is 0 Å². The van der Waals surface area contributed by atoms with Crippen molar-refractivity contribution < 1.29 is 4.74 Å². The predicted molar refractivity (Wildman–Crippen MR) is 71.2 cm³/mol. The van der Waals surface area contributed by atoms with Crippen molar-refractivity contribution in [2.45, 2.75) is 13.0 Å². The van der Waals surface area contributed by atoms with Crippen LogP contribution in [0.5, 0.6) is 0 Å². The molecule has 0 unspecified atom stereocenters. The number of rotatable bonds is 2. The van der Waals surface area contributed by atoms with Gasteiger partial charge in [0.05, 0.1) is 12.3 Å². The molecule has 7 nitrogen and oxygen atoms in total. The summed E-state index contributed by atoms with van der Waals surface area (Å²) in [6.07, 6.45) is 2.47. The molecule has 104 valence electrons. The van der Waals surface area contributed by atoms with E-state index in [-0.39, 0.29) is 5.56 Å². The zero-order valence-corrected chi connectivity index (χ0v) is 11.0. The van der Waals surface area contributed by atoms with E-state index in [4.69, 9.17) is 10.00 Å². The highest BCUT2D eigenvalue weighted by Gasteiger charge is 2.13. The molecule has 20 heavy (non-hydrogen) atoms. The molecule has 2 aromatic rings. The number of ether oxygens (including phenoxy) is 1. The van der Waals surface area contributed by atoms with Crippen LogP contribution in [-0.2, 0) is 11.3 Å². The number of hydrogen-bond acceptors (Lipinski definition) is 5. The Hall–Kier alpha value is -2.17. The summed E-state index contributed by atoms with van der Waals surface area (Å²) in [4.78, 5) is 18.6. The van der Waals surface area contributed by atoms with Crippen molar-refractivity contribution in [1.29, 1.82) is 5.26 Å². The second-order valence-electron chi connectivity index (χ2n) is 4.79. The van der Waals surface area contributed by atoms with Crippen LogP contribution in [-0.4, -0.2) is 45.8 Å². The maximum Gasteiger partial charge on any atom is 0.272 e. The van der Waals surface area contributed by atoms with E-state index in [1.807, 2.05) is 6.07 Å². The molecule has 0 aliphatic carbocycles. The Morgan fingerprint density at radius 1 is 1.45 bits per heavy atom. The quantitative estimate of drug-likeness (QED) is 0.839. The molecule has 1 N–H and O–H groups in total. The zero-order chi connectivity index (χ0) is 13.9. The first-order valence-corrected chi connectivity index (χ1v) is 6.58. The fraction of sp³-hybridized carbons (Fsp3) is 0.462. The summed E-state index contributed by atoms with van der Waals surface area (Å²) >= 11 is 0. The van der Waals surface area contributed by atoms with E-state index < -0.39 is 0 Å². The molecular formula is C13H15N5O2. The van der Waals surface area contributed by atoms with E-state index in [2.05, 4.69) is 15.0 Å². The summed E-state index contributed by atoms with van der Waals surface area (Å²) in [5, 5.41) is 11.7. The second-order valence-corrected chi connectivity index (χ2v) is 4.79. The van der Waals surface area contributed by atoms with Gasteiger partial charge in [0.2, 0.25) is 0 Å². The maximum absolute atomic E-state index is 12.0. The van der Waals surface area contributed by atoms with E-state index in [1.54, 1.807) is 0 Å². The highest BCUT2D eigenvalue weighted by atomic mass is 16.5. The summed E-state index contributed by atoms with van der Waals surface area (Å²) < 4.78 is 6.69. The minimum Gasteiger partial charge on any atom is -0.380 e. The molecule has 1 aliphatic rings. The van der Waals surface area contributed by atoms with Crippen LogP contribution >= 0.6 is 0 Å². The lowest BCUT2D eigenvalue weighted by Crippen LogP contribution is -2.27. The van der Waals surface area contributed by atoms with Gasteiger partial charge in [0.1, 0.15) is 11.6 Å². The Morgan fingerprint density at radius 2 is 2.35 bits per heavy atom. The minimum absolute atomic E-state index is 0.197. The first kappa shape index (κ1) is 12.8. The first-order valence-electron chi connectivity index (χ1n) is 6.58. The molecule has 0 bridgehead atoms. The highest BCUT2D eigenvalue weighted by molar-refractivity contribution is 5.53. The molecule has 0 saturated carbocycles. The van der Waals surface area contributed by atoms with Crippen molar-refractivity contribution in [2.24, 2.45) is 0 Å². The molecule has 7 heteroatoms. The van der Waals surface area contributed by atoms with Crippen LogP contribution in [0.15, 0.2) is 17.1 Å². The normalized spacial score (nSPS) is 16.9.